The van der Waals surface area contributed by atoms with Gasteiger partial charge in [0.25, 0.3) is 5.91 Å². The molecule has 2 aromatic rings. The first-order chi connectivity index (χ1) is 15.0. The van der Waals surface area contributed by atoms with E-state index >= 15 is 0 Å². The molecule has 1 amide bonds. The van der Waals surface area contributed by atoms with Crippen LogP contribution in [0.4, 0.5) is 11.4 Å². The molecule has 0 atom stereocenters. The van der Waals surface area contributed by atoms with Gasteiger partial charge in [0.2, 0.25) is 0 Å². The highest BCUT2D eigenvalue weighted by molar-refractivity contribution is 6.07. The average molecular weight is 423 g/mol. The molecule has 0 radical (unpaired) electrons. The van der Waals surface area contributed by atoms with Crippen LogP contribution in [0.1, 0.15) is 30.1 Å². The Morgan fingerprint density at radius 1 is 1.10 bits per heavy atom. The molecule has 2 N–H and O–H groups in total. The number of esters is 1. The molecule has 0 heterocycles. The number of amides is 1. The number of ether oxygens (including phenoxy) is 3. The highest BCUT2D eigenvalue weighted by atomic mass is 16.5. The van der Waals surface area contributed by atoms with Gasteiger partial charge in [-0.2, -0.15) is 5.26 Å². The van der Waals surface area contributed by atoms with Gasteiger partial charge in [-0.25, -0.2) is 4.79 Å². The second kappa shape index (κ2) is 11.9. The minimum Gasteiger partial charge on any atom is -0.497 e. The first kappa shape index (κ1) is 23.3. The van der Waals surface area contributed by atoms with Crippen molar-refractivity contribution in [1.29, 1.82) is 5.26 Å². The van der Waals surface area contributed by atoms with E-state index in [9.17, 15) is 14.9 Å². The van der Waals surface area contributed by atoms with Crippen LogP contribution in [-0.2, 0) is 9.53 Å². The SMILES string of the molecule is CCCCOC(=O)c1ccccc1N/C=C(/C#N)C(=O)Nc1cc(OC)ccc1OC. The van der Waals surface area contributed by atoms with Crippen LogP contribution in [0, 0.1) is 11.3 Å². The molecular formula is C23H25N3O5. The van der Waals surface area contributed by atoms with E-state index in [1.54, 1.807) is 42.5 Å². The Kier molecular flexibility index (Phi) is 8.92. The van der Waals surface area contributed by atoms with E-state index in [1.807, 2.05) is 13.0 Å². The van der Waals surface area contributed by atoms with Gasteiger partial charge < -0.3 is 24.8 Å². The minimum atomic E-state index is -0.649. The number of methoxy groups -OCH3 is 2. The molecule has 0 fully saturated rings. The van der Waals surface area contributed by atoms with Crippen LogP contribution in [0.3, 0.4) is 0 Å². The van der Waals surface area contributed by atoms with E-state index < -0.39 is 11.9 Å². The summed E-state index contributed by atoms with van der Waals surface area (Å²) < 4.78 is 15.6. The van der Waals surface area contributed by atoms with Gasteiger partial charge in [-0.1, -0.05) is 25.5 Å². The molecular weight excluding hydrogens is 398 g/mol. The monoisotopic (exact) mass is 423 g/mol. The molecule has 0 unspecified atom stereocenters. The van der Waals surface area contributed by atoms with Gasteiger partial charge in [-0.3, -0.25) is 4.79 Å². The molecule has 31 heavy (non-hydrogen) atoms. The zero-order chi connectivity index (χ0) is 22.6. The third-order valence-corrected chi connectivity index (χ3v) is 4.27. The number of benzene rings is 2. The summed E-state index contributed by atoms with van der Waals surface area (Å²) in [5.74, 6) is -0.189. The number of unbranched alkanes of at least 4 members (excludes halogenated alkanes) is 1. The number of carbonyl (C=O) groups is 2. The Bertz CT molecular complexity index is 995. The fourth-order valence-electron chi connectivity index (χ4n) is 2.57. The number of rotatable bonds is 10. The average Bonchev–Trinajstić information content (AvgIpc) is 2.79. The number of carbonyl (C=O) groups excluding carboxylic acids is 2. The van der Waals surface area contributed by atoms with Crippen LogP contribution in [0.2, 0.25) is 0 Å². The fourth-order valence-corrected chi connectivity index (χ4v) is 2.57. The summed E-state index contributed by atoms with van der Waals surface area (Å²) in [5, 5.41) is 14.9. The maximum absolute atomic E-state index is 12.6. The Labute approximate surface area is 181 Å². The Morgan fingerprint density at radius 3 is 2.55 bits per heavy atom. The van der Waals surface area contributed by atoms with Crippen molar-refractivity contribution in [3.8, 4) is 17.6 Å². The summed E-state index contributed by atoms with van der Waals surface area (Å²) in [6.45, 7) is 2.33. The molecule has 0 saturated carbocycles. The highest BCUT2D eigenvalue weighted by Crippen LogP contribution is 2.29. The number of nitrogens with one attached hydrogen (secondary N) is 2. The number of anilines is 2. The van der Waals surface area contributed by atoms with Gasteiger partial charge in [0.1, 0.15) is 23.1 Å². The quantitative estimate of drug-likeness (QED) is 0.256. The minimum absolute atomic E-state index is 0.195. The Hall–Kier alpha value is -3.99. The zero-order valence-electron chi connectivity index (χ0n) is 17.7. The number of hydrogen-bond donors (Lipinski definition) is 2. The summed E-state index contributed by atoms with van der Waals surface area (Å²) in [7, 11) is 2.97. The smallest absolute Gasteiger partial charge is 0.340 e. The molecule has 8 heteroatoms. The Balaban J connectivity index is 2.18. The molecule has 8 nitrogen and oxygen atoms in total. The third kappa shape index (κ3) is 6.51. The number of para-hydroxylation sites is 1. The van der Waals surface area contributed by atoms with Crippen molar-refractivity contribution < 1.29 is 23.8 Å². The summed E-state index contributed by atoms with van der Waals surface area (Å²) in [6, 6.07) is 13.5. The van der Waals surface area contributed by atoms with Gasteiger partial charge in [0.15, 0.2) is 0 Å². The maximum atomic E-state index is 12.6. The summed E-state index contributed by atoms with van der Waals surface area (Å²) in [6.07, 6.45) is 2.92. The molecule has 162 valence electrons. The van der Waals surface area contributed by atoms with Crippen molar-refractivity contribution in [3.63, 3.8) is 0 Å². The molecule has 0 aromatic heterocycles. The largest absolute Gasteiger partial charge is 0.497 e. The summed E-state index contributed by atoms with van der Waals surface area (Å²) >= 11 is 0. The molecule has 0 aliphatic heterocycles. The van der Waals surface area contributed by atoms with Crippen molar-refractivity contribution in [2.24, 2.45) is 0 Å². The van der Waals surface area contributed by atoms with Gasteiger partial charge in [0.05, 0.1) is 37.8 Å². The first-order valence-electron chi connectivity index (χ1n) is 9.70. The first-order valence-corrected chi connectivity index (χ1v) is 9.70. The number of nitriles is 1. The molecule has 0 bridgehead atoms. The molecule has 0 saturated heterocycles. The lowest BCUT2D eigenvalue weighted by Gasteiger charge is -2.12. The van der Waals surface area contributed by atoms with E-state index in [1.165, 1.54) is 20.4 Å². The fraction of sp³-hybridized carbons (Fsp3) is 0.261. The second-order valence-corrected chi connectivity index (χ2v) is 6.37. The van der Waals surface area contributed by atoms with Crippen LogP contribution >= 0.6 is 0 Å². The van der Waals surface area contributed by atoms with E-state index in [-0.39, 0.29) is 5.57 Å². The number of hydrogen-bond acceptors (Lipinski definition) is 7. The Morgan fingerprint density at radius 2 is 1.87 bits per heavy atom. The predicted octanol–water partition coefficient (Wildman–Crippen LogP) is 4.12. The van der Waals surface area contributed by atoms with Gasteiger partial charge in [-0.15, -0.1) is 0 Å². The number of nitrogens with zero attached hydrogens (tertiary/aromatic N) is 1. The lowest BCUT2D eigenvalue weighted by molar-refractivity contribution is -0.112. The normalized spacial score (nSPS) is 10.6. The van der Waals surface area contributed by atoms with Crippen molar-refractivity contribution in [3.05, 3.63) is 59.8 Å². The van der Waals surface area contributed by atoms with E-state index in [4.69, 9.17) is 14.2 Å². The lowest BCUT2D eigenvalue weighted by Crippen LogP contribution is -2.15. The lowest BCUT2D eigenvalue weighted by atomic mass is 10.1. The van der Waals surface area contributed by atoms with Gasteiger partial charge >= 0.3 is 5.97 Å². The van der Waals surface area contributed by atoms with Crippen LogP contribution < -0.4 is 20.1 Å². The van der Waals surface area contributed by atoms with E-state index in [0.717, 1.165) is 12.8 Å². The van der Waals surface area contributed by atoms with Crippen molar-refractivity contribution in [1.82, 2.24) is 0 Å². The third-order valence-electron chi connectivity index (χ3n) is 4.27. The van der Waals surface area contributed by atoms with Crippen molar-refractivity contribution in [2.75, 3.05) is 31.5 Å². The van der Waals surface area contributed by atoms with Crippen LogP contribution in [0.25, 0.3) is 0 Å². The summed E-state index contributed by atoms with van der Waals surface area (Å²) in [4.78, 5) is 24.9. The maximum Gasteiger partial charge on any atom is 0.340 e. The van der Waals surface area contributed by atoms with Gasteiger partial charge in [0, 0.05) is 12.3 Å². The van der Waals surface area contributed by atoms with Crippen molar-refractivity contribution in [2.45, 2.75) is 19.8 Å². The molecule has 0 spiro atoms. The van der Waals surface area contributed by atoms with E-state index in [2.05, 4.69) is 10.6 Å². The van der Waals surface area contributed by atoms with E-state index in [0.29, 0.717) is 35.0 Å². The molecule has 2 aromatic carbocycles. The predicted molar refractivity (Wildman–Crippen MR) is 117 cm³/mol. The van der Waals surface area contributed by atoms with Crippen molar-refractivity contribution >= 4 is 23.3 Å². The highest BCUT2D eigenvalue weighted by Gasteiger charge is 2.15. The second-order valence-electron chi connectivity index (χ2n) is 6.37. The standard InChI is InChI=1S/C23H25N3O5/c1-4-5-12-31-23(28)18-8-6-7-9-19(18)25-15-16(14-24)22(27)26-20-13-17(29-2)10-11-21(20)30-3/h6-11,13,15,25H,4-5,12H2,1-3H3,(H,26,27)/b16-15-. The molecule has 2 rings (SSSR count). The van der Waals surface area contributed by atoms with Crippen LogP contribution in [0.5, 0.6) is 11.5 Å². The molecule has 0 aliphatic carbocycles. The topological polar surface area (TPSA) is 110 Å². The van der Waals surface area contributed by atoms with Crippen LogP contribution in [0.15, 0.2) is 54.2 Å². The summed E-state index contributed by atoms with van der Waals surface area (Å²) in [5.41, 5.74) is 0.887. The van der Waals surface area contributed by atoms with Gasteiger partial charge in [-0.05, 0) is 30.7 Å². The molecule has 0 aliphatic rings. The zero-order valence-corrected chi connectivity index (χ0v) is 17.7. The van der Waals surface area contributed by atoms with Crippen LogP contribution in [-0.4, -0.2) is 32.7 Å².